The average molecular weight is 464 g/mol. The van der Waals surface area contributed by atoms with E-state index in [2.05, 4.69) is 35.2 Å². The van der Waals surface area contributed by atoms with Crippen LogP contribution in [0.3, 0.4) is 0 Å². The molecule has 144 valence electrons. The number of halogens is 1. The molecule has 25 heavy (non-hydrogen) atoms. The van der Waals surface area contributed by atoms with Crippen molar-refractivity contribution in [2.45, 2.75) is 13.5 Å². The molecule has 1 aromatic carbocycles. The van der Waals surface area contributed by atoms with Crippen LogP contribution in [-0.2, 0) is 11.3 Å². The number of rotatable bonds is 10. The summed E-state index contributed by atoms with van der Waals surface area (Å²) in [5.41, 5.74) is 1.14. The van der Waals surface area contributed by atoms with Crippen LogP contribution in [0.1, 0.15) is 12.5 Å². The third kappa shape index (κ3) is 9.27. The summed E-state index contributed by atoms with van der Waals surface area (Å²) in [4.78, 5) is 9.06. The van der Waals surface area contributed by atoms with Crippen LogP contribution in [0.2, 0.25) is 0 Å². The van der Waals surface area contributed by atoms with Gasteiger partial charge in [-0.25, -0.2) is 0 Å². The summed E-state index contributed by atoms with van der Waals surface area (Å²) in [5.74, 6) is 1.81. The first-order chi connectivity index (χ1) is 11.6. The number of nitrogens with zero attached hydrogens (tertiary/aromatic N) is 3. The molecule has 0 aliphatic rings. The second-order valence-electron chi connectivity index (χ2n) is 5.70. The van der Waals surface area contributed by atoms with E-state index in [1.165, 1.54) is 0 Å². The first kappa shape index (κ1) is 23.9. The van der Waals surface area contributed by atoms with Crippen molar-refractivity contribution in [3.63, 3.8) is 0 Å². The molecule has 6 nitrogen and oxygen atoms in total. The lowest BCUT2D eigenvalue weighted by molar-refractivity contribution is 0.163. The second kappa shape index (κ2) is 14.1. The summed E-state index contributed by atoms with van der Waals surface area (Å²) in [7, 11) is 7.55. The molecule has 0 unspecified atom stereocenters. The first-order valence-corrected chi connectivity index (χ1v) is 8.41. The van der Waals surface area contributed by atoms with Gasteiger partial charge in [0.25, 0.3) is 0 Å². The lowest BCUT2D eigenvalue weighted by Gasteiger charge is -2.23. The highest BCUT2D eigenvalue weighted by molar-refractivity contribution is 14.0. The first-order valence-electron chi connectivity index (χ1n) is 8.41. The Balaban J connectivity index is 0.00000576. The lowest BCUT2D eigenvalue weighted by atomic mass is 10.2. The van der Waals surface area contributed by atoms with E-state index in [-0.39, 0.29) is 24.0 Å². The molecule has 0 radical (unpaired) electrons. The second-order valence-corrected chi connectivity index (χ2v) is 5.70. The molecule has 0 amide bonds. The van der Waals surface area contributed by atoms with Crippen molar-refractivity contribution in [3.05, 3.63) is 29.8 Å². The quantitative estimate of drug-likeness (QED) is 0.327. The minimum atomic E-state index is 0. The largest absolute Gasteiger partial charge is 0.496 e. The Labute approximate surface area is 169 Å². The number of ether oxygens (including phenoxy) is 2. The molecule has 0 heterocycles. The van der Waals surface area contributed by atoms with Crippen LogP contribution in [0.5, 0.6) is 5.75 Å². The number of para-hydroxylation sites is 1. The minimum absolute atomic E-state index is 0. The maximum Gasteiger partial charge on any atom is 0.194 e. The van der Waals surface area contributed by atoms with Gasteiger partial charge in [0.15, 0.2) is 5.96 Å². The average Bonchev–Trinajstić information content (AvgIpc) is 2.59. The molecule has 0 bridgehead atoms. The third-order valence-electron chi connectivity index (χ3n) is 3.72. The fraction of sp³-hybridized carbons (Fsp3) is 0.611. The summed E-state index contributed by atoms with van der Waals surface area (Å²) in [6.45, 7) is 6.98. The fourth-order valence-corrected chi connectivity index (χ4v) is 2.32. The van der Waals surface area contributed by atoms with Gasteiger partial charge in [-0.2, -0.15) is 0 Å². The Morgan fingerprint density at radius 3 is 2.52 bits per heavy atom. The SMILES string of the molecule is CCNC(=NCCN(C)CCOC)N(C)Cc1ccccc1OC.I. The number of hydrogen-bond donors (Lipinski definition) is 1. The molecule has 0 aliphatic carbocycles. The van der Waals surface area contributed by atoms with E-state index >= 15 is 0 Å². The zero-order chi connectivity index (χ0) is 17.8. The molecule has 0 atom stereocenters. The Morgan fingerprint density at radius 1 is 1.16 bits per heavy atom. The maximum atomic E-state index is 5.43. The van der Waals surface area contributed by atoms with Crippen molar-refractivity contribution in [2.75, 3.05) is 61.1 Å². The topological polar surface area (TPSA) is 49.3 Å². The van der Waals surface area contributed by atoms with E-state index in [1.807, 2.05) is 25.2 Å². The van der Waals surface area contributed by atoms with Gasteiger partial charge in [0.05, 0.1) is 20.3 Å². The zero-order valence-electron chi connectivity index (χ0n) is 16.1. The van der Waals surface area contributed by atoms with Gasteiger partial charge in [-0.05, 0) is 20.0 Å². The van der Waals surface area contributed by atoms with Crippen LogP contribution in [0.4, 0.5) is 0 Å². The zero-order valence-corrected chi connectivity index (χ0v) is 18.4. The number of hydrogen-bond acceptors (Lipinski definition) is 4. The molecular weight excluding hydrogens is 431 g/mol. The minimum Gasteiger partial charge on any atom is -0.496 e. The molecule has 0 saturated heterocycles. The van der Waals surface area contributed by atoms with Crippen molar-refractivity contribution in [1.82, 2.24) is 15.1 Å². The maximum absolute atomic E-state index is 5.43. The number of methoxy groups -OCH3 is 2. The summed E-state index contributed by atoms with van der Waals surface area (Å²) in [6, 6.07) is 8.08. The van der Waals surface area contributed by atoms with Crippen LogP contribution < -0.4 is 10.1 Å². The van der Waals surface area contributed by atoms with Gasteiger partial charge in [0.1, 0.15) is 5.75 Å². The predicted octanol–water partition coefficient (Wildman–Crippen LogP) is 2.29. The number of likely N-dealkylation sites (N-methyl/N-ethyl adjacent to an activating group) is 1. The molecule has 0 aliphatic heterocycles. The third-order valence-corrected chi connectivity index (χ3v) is 3.72. The van der Waals surface area contributed by atoms with Crippen molar-refractivity contribution >= 4 is 29.9 Å². The van der Waals surface area contributed by atoms with Gasteiger partial charge in [-0.1, -0.05) is 18.2 Å². The van der Waals surface area contributed by atoms with Gasteiger partial charge in [-0.15, -0.1) is 24.0 Å². The van der Waals surface area contributed by atoms with Gasteiger partial charge < -0.3 is 24.6 Å². The normalized spacial score (nSPS) is 11.2. The summed E-state index contributed by atoms with van der Waals surface area (Å²) in [6.07, 6.45) is 0. The number of guanidine groups is 1. The predicted molar refractivity (Wildman–Crippen MR) is 115 cm³/mol. The molecular formula is C18H33IN4O2. The van der Waals surface area contributed by atoms with E-state index < -0.39 is 0 Å². The Hall–Kier alpha value is -1.06. The number of benzene rings is 1. The van der Waals surface area contributed by atoms with Crippen molar-refractivity contribution in [1.29, 1.82) is 0 Å². The molecule has 1 aromatic rings. The van der Waals surface area contributed by atoms with Gasteiger partial charge in [0, 0.05) is 45.9 Å². The van der Waals surface area contributed by atoms with Crippen LogP contribution in [0.15, 0.2) is 29.3 Å². The summed E-state index contributed by atoms with van der Waals surface area (Å²) < 4.78 is 10.5. The van der Waals surface area contributed by atoms with Gasteiger partial charge >= 0.3 is 0 Å². The molecule has 0 fully saturated rings. The molecule has 0 saturated carbocycles. The Kier molecular flexibility index (Phi) is 13.5. The van der Waals surface area contributed by atoms with Crippen LogP contribution >= 0.6 is 24.0 Å². The standard InChI is InChI=1S/C18H32N4O2.HI/c1-6-19-18(20-11-12-21(2)13-14-23-4)22(3)15-16-9-7-8-10-17(16)24-5;/h7-10H,6,11-15H2,1-5H3,(H,19,20);1H. The Morgan fingerprint density at radius 2 is 1.88 bits per heavy atom. The van der Waals surface area contributed by atoms with Gasteiger partial charge in [-0.3, -0.25) is 4.99 Å². The van der Waals surface area contributed by atoms with Crippen LogP contribution in [-0.4, -0.2) is 76.9 Å². The molecule has 0 spiro atoms. The van der Waals surface area contributed by atoms with E-state index in [1.54, 1.807) is 14.2 Å². The summed E-state index contributed by atoms with van der Waals surface area (Å²) >= 11 is 0. The highest BCUT2D eigenvalue weighted by Gasteiger charge is 2.09. The molecule has 0 aromatic heterocycles. The van der Waals surface area contributed by atoms with Crippen LogP contribution in [0.25, 0.3) is 0 Å². The smallest absolute Gasteiger partial charge is 0.194 e. The van der Waals surface area contributed by atoms with E-state index in [4.69, 9.17) is 14.5 Å². The summed E-state index contributed by atoms with van der Waals surface area (Å²) in [5, 5.41) is 3.35. The highest BCUT2D eigenvalue weighted by Crippen LogP contribution is 2.18. The fourth-order valence-electron chi connectivity index (χ4n) is 2.32. The molecule has 1 N–H and O–H groups in total. The van der Waals surface area contributed by atoms with Crippen LogP contribution in [0, 0.1) is 0 Å². The Bertz CT molecular complexity index is 500. The van der Waals surface area contributed by atoms with E-state index in [9.17, 15) is 0 Å². The van der Waals surface area contributed by atoms with Gasteiger partial charge in [0.2, 0.25) is 0 Å². The lowest BCUT2D eigenvalue weighted by Crippen LogP contribution is -2.39. The molecule has 1 rings (SSSR count). The number of aliphatic imine (C=N–C) groups is 1. The number of nitrogens with one attached hydrogen (secondary N) is 1. The van der Waals surface area contributed by atoms with E-state index in [0.717, 1.165) is 56.6 Å². The van der Waals surface area contributed by atoms with Crippen molar-refractivity contribution < 1.29 is 9.47 Å². The highest BCUT2D eigenvalue weighted by atomic mass is 127. The monoisotopic (exact) mass is 464 g/mol. The van der Waals surface area contributed by atoms with Crippen molar-refractivity contribution in [2.24, 2.45) is 4.99 Å². The van der Waals surface area contributed by atoms with E-state index in [0.29, 0.717) is 0 Å². The van der Waals surface area contributed by atoms with Crippen molar-refractivity contribution in [3.8, 4) is 5.75 Å². The molecule has 7 heteroatoms.